The molecule has 0 saturated heterocycles. The van der Waals surface area contributed by atoms with Crippen molar-refractivity contribution >= 4 is 28.9 Å². The average molecular weight is 284 g/mol. The number of hydrogen-bond donors (Lipinski definition) is 1. The Morgan fingerprint density at radius 2 is 2.22 bits per heavy atom. The Balaban J connectivity index is 2.72. The summed E-state index contributed by atoms with van der Waals surface area (Å²) < 4.78 is 5.23. The van der Waals surface area contributed by atoms with E-state index in [1.165, 1.54) is 18.4 Å². The zero-order chi connectivity index (χ0) is 13.3. The third-order valence-electron chi connectivity index (χ3n) is 2.36. The highest BCUT2D eigenvalue weighted by Gasteiger charge is 2.22. The Morgan fingerprint density at radius 1 is 1.50 bits per heavy atom. The second-order valence-electron chi connectivity index (χ2n) is 3.53. The molecule has 0 fully saturated rings. The molecular formula is C12H10ClNO3S. The third-order valence-corrected chi connectivity index (χ3v) is 3.66. The molecule has 6 heteroatoms. The maximum atomic E-state index is 11.2. The lowest BCUT2D eigenvalue weighted by molar-refractivity contribution is 0.0692. The van der Waals surface area contributed by atoms with Crippen LogP contribution in [0, 0.1) is 6.92 Å². The van der Waals surface area contributed by atoms with Crippen molar-refractivity contribution in [2.75, 3.05) is 7.11 Å². The van der Waals surface area contributed by atoms with Crippen LogP contribution in [-0.2, 0) is 0 Å². The lowest BCUT2D eigenvalue weighted by Gasteiger charge is -2.08. The van der Waals surface area contributed by atoms with Crippen LogP contribution in [0.5, 0.6) is 5.75 Å². The fourth-order valence-electron chi connectivity index (χ4n) is 1.64. The van der Waals surface area contributed by atoms with E-state index in [0.717, 1.165) is 0 Å². The van der Waals surface area contributed by atoms with Gasteiger partial charge in [0.1, 0.15) is 5.75 Å². The molecule has 0 aliphatic rings. The first-order valence-corrected chi connectivity index (χ1v) is 6.27. The predicted octanol–water partition coefficient (Wildman–Crippen LogP) is 3.48. The van der Waals surface area contributed by atoms with E-state index >= 15 is 0 Å². The Labute approximate surface area is 113 Å². The average Bonchev–Trinajstić information content (AvgIpc) is 2.70. The number of aromatic carboxylic acids is 1. The van der Waals surface area contributed by atoms with E-state index in [2.05, 4.69) is 4.98 Å². The number of benzene rings is 1. The van der Waals surface area contributed by atoms with Crippen molar-refractivity contribution in [3.8, 4) is 16.2 Å². The fourth-order valence-corrected chi connectivity index (χ4v) is 2.93. The van der Waals surface area contributed by atoms with Gasteiger partial charge in [0, 0.05) is 0 Å². The van der Waals surface area contributed by atoms with Gasteiger partial charge in [-0.15, -0.1) is 11.3 Å². The zero-order valence-corrected chi connectivity index (χ0v) is 11.3. The molecule has 4 nitrogen and oxygen atoms in total. The van der Waals surface area contributed by atoms with E-state index in [4.69, 9.17) is 21.4 Å². The van der Waals surface area contributed by atoms with E-state index in [-0.39, 0.29) is 5.69 Å². The molecule has 0 aliphatic carbocycles. The van der Waals surface area contributed by atoms with E-state index in [1.54, 1.807) is 25.1 Å². The van der Waals surface area contributed by atoms with Crippen molar-refractivity contribution in [3.05, 3.63) is 33.9 Å². The first-order valence-electron chi connectivity index (χ1n) is 5.08. The van der Waals surface area contributed by atoms with Crippen LogP contribution in [0.2, 0.25) is 5.02 Å². The Kier molecular flexibility index (Phi) is 3.54. The minimum Gasteiger partial charge on any atom is -0.496 e. The number of ether oxygens (including phenoxy) is 1. The van der Waals surface area contributed by atoms with Crippen LogP contribution in [0.3, 0.4) is 0 Å². The van der Waals surface area contributed by atoms with E-state index in [9.17, 15) is 4.79 Å². The standard InChI is InChI=1S/C12H10ClNO3S/c1-6-14-10(12(15)16)11(18-6)9-7(13)4-3-5-8(9)17-2/h3-5H,1-2H3,(H,15,16). The van der Waals surface area contributed by atoms with Crippen molar-refractivity contribution in [1.82, 2.24) is 4.98 Å². The lowest BCUT2D eigenvalue weighted by atomic mass is 10.1. The predicted molar refractivity (Wildman–Crippen MR) is 70.8 cm³/mol. The zero-order valence-electron chi connectivity index (χ0n) is 9.73. The molecule has 0 aliphatic heterocycles. The molecule has 0 saturated carbocycles. The molecular weight excluding hydrogens is 274 g/mol. The Hall–Kier alpha value is -1.59. The number of aromatic nitrogens is 1. The van der Waals surface area contributed by atoms with Gasteiger partial charge in [-0.25, -0.2) is 9.78 Å². The number of aryl methyl sites for hydroxylation is 1. The molecule has 1 N–H and O–H groups in total. The van der Waals surface area contributed by atoms with Crippen molar-refractivity contribution in [1.29, 1.82) is 0 Å². The molecule has 1 heterocycles. The van der Waals surface area contributed by atoms with Crippen molar-refractivity contribution in [2.24, 2.45) is 0 Å². The number of carboxylic acid groups (broad SMARTS) is 1. The number of hydrogen-bond acceptors (Lipinski definition) is 4. The quantitative estimate of drug-likeness (QED) is 0.937. The van der Waals surface area contributed by atoms with Gasteiger partial charge in [0.15, 0.2) is 5.69 Å². The van der Waals surface area contributed by atoms with Crippen LogP contribution in [-0.4, -0.2) is 23.2 Å². The SMILES string of the molecule is COc1cccc(Cl)c1-c1sc(C)nc1C(=O)O. The van der Waals surface area contributed by atoms with Gasteiger partial charge in [0.2, 0.25) is 0 Å². The molecule has 1 aromatic heterocycles. The maximum Gasteiger partial charge on any atom is 0.356 e. The van der Waals surface area contributed by atoms with Gasteiger partial charge in [-0.1, -0.05) is 17.7 Å². The third kappa shape index (κ3) is 2.19. The highest BCUT2D eigenvalue weighted by atomic mass is 35.5. The minimum absolute atomic E-state index is 0.00361. The first kappa shape index (κ1) is 12.9. The molecule has 18 heavy (non-hydrogen) atoms. The topological polar surface area (TPSA) is 59.4 Å². The van der Waals surface area contributed by atoms with Crippen LogP contribution in [0.1, 0.15) is 15.5 Å². The number of rotatable bonds is 3. The van der Waals surface area contributed by atoms with Crippen molar-refractivity contribution in [2.45, 2.75) is 6.92 Å². The summed E-state index contributed by atoms with van der Waals surface area (Å²) in [7, 11) is 1.52. The summed E-state index contributed by atoms with van der Waals surface area (Å²) in [4.78, 5) is 15.7. The molecule has 0 atom stereocenters. The van der Waals surface area contributed by atoms with E-state index in [1.807, 2.05) is 0 Å². The number of carboxylic acids is 1. The van der Waals surface area contributed by atoms with Crippen LogP contribution >= 0.6 is 22.9 Å². The molecule has 1 aromatic carbocycles. The number of halogens is 1. The monoisotopic (exact) mass is 283 g/mol. The number of nitrogens with zero attached hydrogens (tertiary/aromatic N) is 1. The second-order valence-corrected chi connectivity index (χ2v) is 5.14. The number of methoxy groups -OCH3 is 1. The van der Waals surface area contributed by atoms with Gasteiger partial charge in [-0.05, 0) is 19.1 Å². The lowest BCUT2D eigenvalue weighted by Crippen LogP contribution is -1.99. The van der Waals surface area contributed by atoms with Gasteiger partial charge < -0.3 is 9.84 Å². The summed E-state index contributed by atoms with van der Waals surface area (Å²) >= 11 is 7.42. The van der Waals surface area contributed by atoms with Crippen LogP contribution in [0.25, 0.3) is 10.4 Å². The first-order chi connectivity index (χ1) is 8.54. The molecule has 94 valence electrons. The molecule has 0 amide bonds. The summed E-state index contributed by atoms with van der Waals surface area (Å²) in [6.45, 7) is 1.75. The van der Waals surface area contributed by atoms with E-state index in [0.29, 0.717) is 26.2 Å². The molecule has 0 spiro atoms. The number of carbonyl (C=O) groups is 1. The van der Waals surface area contributed by atoms with Crippen molar-refractivity contribution < 1.29 is 14.6 Å². The Bertz CT molecular complexity index is 609. The van der Waals surface area contributed by atoms with Gasteiger partial charge in [-0.3, -0.25) is 0 Å². The molecule has 0 bridgehead atoms. The highest BCUT2D eigenvalue weighted by Crippen LogP contribution is 2.41. The normalized spacial score (nSPS) is 10.4. The summed E-state index contributed by atoms with van der Waals surface area (Å²) in [5.41, 5.74) is 0.577. The number of thiazole rings is 1. The van der Waals surface area contributed by atoms with Crippen LogP contribution in [0.4, 0.5) is 0 Å². The minimum atomic E-state index is -1.07. The smallest absolute Gasteiger partial charge is 0.356 e. The Morgan fingerprint density at radius 3 is 2.83 bits per heavy atom. The molecule has 0 radical (unpaired) electrons. The summed E-state index contributed by atoms with van der Waals surface area (Å²) in [5, 5.41) is 10.3. The van der Waals surface area contributed by atoms with E-state index < -0.39 is 5.97 Å². The second kappa shape index (κ2) is 4.96. The van der Waals surface area contributed by atoms with Gasteiger partial charge in [-0.2, -0.15) is 0 Å². The van der Waals surface area contributed by atoms with Gasteiger partial charge in [0.25, 0.3) is 0 Å². The van der Waals surface area contributed by atoms with Crippen molar-refractivity contribution in [3.63, 3.8) is 0 Å². The molecule has 2 aromatic rings. The summed E-state index contributed by atoms with van der Waals surface area (Å²) in [5.74, 6) is -0.537. The molecule has 2 rings (SSSR count). The van der Waals surface area contributed by atoms with Crippen LogP contribution in [0.15, 0.2) is 18.2 Å². The summed E-state index contributed by atoms with van der Waals surface area (Å²) in [6.07, 6.45) is 0. The van der Waals surface area contributed by atoms with Gasteiger partial charge >= 0.3 is 5.97 Å². The highest BCUT2D eigenvalue weighted by molar-refractivity contribution is 7.15. The largest absolute Gasteiger partial charge is 0.496 e. The van der Waals surface area contributed by atoms with Crippen LogP contribution < -0.4 is 4.74 Å². The van der Waals surface area contributed by atoms with Gasteiger partial charge in [0.05, 0.1) is 27.6 Å². The molecule has 0 unspecified atom stereocenters. The maximum absolute atomic E-state index is 11.2. The fraction of sp³-hybridized carbons (Fsp3) is 0.167. The summed E-state index contributed by atoms with van der Waals surface area (Å²) in [6, 6.07) is 5.18.